The minimum absolute atomic E-state index is 0.0523. The molecule has 1 amide bonds. The lowest BCUT2D eigenvalue weighted by Crippen LogP contribution is -2.49. The summed E-state index contributed by atoms with van der Waals surface area (Å²) in [4.78, 5) is 14.1. The molecule has 1 aromatic carbocycles. The number of carbonyl (C=O) groups excluding carboxylic acids is 1. The van der Waals surface area contributed by atoms with Gasteiger partial charge in [-0.3, -0.25) is 9.69 Å². The van der Waals surface area contributed by atoms with Crippen molar-refractivity contribution in [3.05, 3.63) is 35.6 Å². The maximum absolute atomic E-state index is 13.0. The van der Waals surface area contributed by atoms with E-state index in [0.29, 0.717) is 0 Å². The van der Waals surface area contributed by atoms with Gasteiger partial charge in [-0.1, -0.05) is 12.1 Å². The summed E-state index contributed by atoms with van der Waals surface area (Å²) < 4.78 is 13.0. The lowest BCUT2D eigenvalue weighted by atomic mass is 10.0. The minimum atomic E-state index is -0.335. The second-order valence-electron chi connectivity index (χ2n) is 4.35. The van der Waals surface area contributed by atoms with Crippen LogP contribution >= 0.6 is 0 Å². The molecule has 0 aromatic heterocycles. The van der Waals surface area contributed by atoms with Gasteiger partial charge in [-0.25, -0.2) is 4.39 Å². The summed E-state index contributed by atoms with van der Waals surface area (Å²) in [6.07, 6.45) is 0. The molecule has 0 spiro atoms. The smallest absolute Gasteiger partial charge is 0.241 e. The largest absolute Gasteiger partial charge is 0.358 e. The highest BCUT2D eigenvalue weighted by atomic mass is 19.1. The van der Waals surface area contributed by atoms with Crippen LogP contribution in [-0.4, -0.2) is 44.0 Å². The number of amides is 1. The number of likely N-dealkylation sites (N-methyl/N-ethyl adjacent to an activating group) is 1. The summed E-state index contributed by atoms with van der Waals surface area (Å²) in [7, 11) is 1.63. The van der Waals surface area contributed by atoms with Crippen molar-refractivity contribution >= 4 is 5.91 Å². The Morgan fingerprint density at radius 1 is 1.33 bits per heavy atom. The van der Waals surface area contributed by atoms with E-state index in [1.54, 1.807) is 19.2 Å². The van der Waals surface area contributed by atoms with Crippen LogP contribution < -0.4 is 10.6 Å². The maximum atomic E-state index is 13.0. The molecule has 2 N–H and O–H groups in total. The van der Waals surface area contributed by atoms with Crippen molar-refractivity contribution in [1.82, 2.24) is 15.5 Å². The summed E-state index contributed by atoms with van der Waals surface area (Å²) in [6, 6.07) is 5.81. The second-order valence-corrected chi connectivity index (χ2v) is 4.35. The number of piperazine rings is 1. The van der Waals surface area contributed by atoms with E-state index in [4.69, 9.17) is 0 Å². The van der Waals surface area contributed by atoms with Gasteiger partial charge >= 0.3 is 0 Å². The molecule has 1 heterocycles. The Hall–Kier alpha value is -1.46. The molecule has 1 atom stereocenters. The monoisotopic (exact) mass is 251 g/mol. The van der Waals surface area contributed by atoms with E-state index in [9.17, 15) is 9.18 Å². The summed E-state index contributed by atoms with van der Waals surface area (Å²) in [5.41, 5.74) is 0.831. The number of benzene rings is 1. The van der Waals surface area contributed by atoms with Crippen LogP contribution in [0.15, 0.2) is 24.3 Å². The highest BCUT2D eigenvalue weighted by Crippen LogP contribution is 2.21. The molecule has 0 aliphatic carbocycles. The fraction of sp³-hybridized carbons (Fsp3) is 0.462. The summed E-state index contributed by atoms with van der Waals surface area (Å²) in [5.74, 6) is -0.335. The number of rotatable bonds is 3. The van der Waals surface area contributed by atoms with Crippen molar-refractivity contribution in [3.8, 4) is 0 Å². The Bertz CT molecular complexity index is 401. The van der Waals surface area contributed by atoms with Gasteiger partial charge < -0.3 is 10.6 Å². The standard InChI is InChI=1S/C13H18FN3O/c1-15-13(18)12(17-8-6-16-7-9-17)10-2-4-11(14)5-3-10/h2-5,12,16H,6-9H2,1H3,(H,15,18). The van der Waals surface area contributed by atoms with Crippen molar-refractivity contribution in [2.24, 2.45) is 0 Å². The van der Waals surface area contributed by atoms with Crippen molar-refractivity contribution in [3.63, 3.8) is 0 Å². The van der Waals surface area contributed by atoms with Crippen LogP contribution in [0.3, 0.4) is 0 Å². The molecule has 4 nitrogen and oxygen atoms in total. The lowest BCUT2D eigenvalue weighted by molar-refractivity contribution is -0.126. The van der Waals surface area contributed by atoms with Gasteiger partial charge in [-0.05, 0) is 17.7 Å². The first kappa shape index (κ1) is 13.0. The normalized spacial score (nSPS) is 18.3. The average Bonchev–Trinajstić information content (AvgIpc) is 2.42. The van der Waals surface area contributed by atoms with E-state index < -0.39 is 0 Å². The van der Waals surface area contributed by atoms with Gasteiger partial charge in [0, 0.05) is 33.2 Å². The van der Waals surface area contributed by atoms with Crippen LogP contribution in [0, 0.1) is 5.82 Å². The van der Waals surface area contributed by atoms with Crippen LogP contribution in [0.25, 0.3) is 0 Å². The molecular weight excluding hydrogens is 233 g/mol. The van der Waals surface area contributed by atoms with Crippen LogP contribution in [0.1, 0.15) is 11.6 Å². The first-order chi connectivity index (χ1) is 8.72. The number of halogens is 1. The Morgan fingerprint density at radius 2 is 1.94 bits per heavy atom. The van der Waals surface area contributed by atoms with Gasteiger partial charge in [0.25, 0.3) is 0 Å². The van der Waals surface area contributed by atoms with Crippen molar-refractivity contribution < 1.29 is 9.18 Å². The van der Waals surface area contributed by atoms with Crippen LogP contribution in [0.4, 0.5) is 4.39 Å². The van der Waals surface area contributed by atoms with Crippen molar-refractivity contribution in [2.75, 3.05) is 33.2 Å². The Balaban J connectivity index is 2.23. The van der Waals surface area contributed by atoms with Gasteiger partial charge in [-0.2, -0.15) is 0 Å². The highest BCUT2D eigenvalue weighted by Gasteiger charge is 2.27. The van der Waals surface area contributed by atoms with E-state index in [0.717, 1.165) is 31.7 Å². The number of hydrogen-bond donors (Lipinski definition) is 2. The van der Waals surface area contributed by atoms with Crippen LogP contribution in [0.2, 0.25) is 0 Å². The highest BCUT2D eigenvalue weighted by molar-refractivity contribution is 5.82. The number of hydrogen-bond acceptors (Lipinski definition) is 3. The molecule has 1 saturated heterocycles. The number of carbonyl (C=O) groups is 1. The van der Waals surface area contributed by atoms with Crippen LogP contribution in [0.5, 0.6) is 0 Å². The molecule has 1 aromatic rings. The minimum Gasteiger partial charge on any atom is -0.358 e. The first-order valence-electron chi connectivity index (χ1n) is 6.14. The Labute approximate surface area is 106 Å². The molecule has 1 fully saturated rings. The fourth-order valence-electron chi connectivity index (χ4n) is 2.25. The summed E-state index contributed by atoms with van der Waals surface area (Å²) >= 11 is 0. The third-order valence-corrected chi connectivity index (χ3v) is 3.20. The lowest BCUT2D eigenvalue weighted by Gasteiger charge is -2.34. The topological polar surface area (TPSA) is 44.4 Å². The fourth-order valence-corrected chi connectivity index (χ4v) is 2.25. The molecule has 0 bridgehead atoms. The predicted molar refractivity (Wildman–Crippen MR) is 67.7 cm³/mol. The number of nitrogens with zero attached hydrogens (tertiary/aromatic N) is 1. The maximum Gasteiger partial charge on any atom is 0.241 e. The zero-order chi connectivity index (χ0) is 13.0. The van der Waals surface area contributed by atoms with Gasteiger partial charge in [0.1, 0.15) is 11.9 Å². The third-order valence-electron chi connectivity index (χ3n) is 3.20. The van der Waals surface area contributed by atoms with Gasteiger partial charge in [0.05, 0.1) is 0 Å². The Morgan fingerprint density at radius 3 is 2.50 bits per heavy atom. The van der Waals surface area contributed by atoms with E-state index in [-0.39, 0.29) is 17.8 Å². The van der Waals surface area contributed by atoms with Gasteiger partial charge in [0.2, 0.25) is 5.91 Å². The molecule has 0 radical (unpaired) electrons. The first-order valence-corrected chi connectivity index (χ1v) is 6.14. The molecule has 98 valence electrons. The second kappa shape index (κ2) is 5.93. The zero-order valence-corrected chi connectivity index (χ0v) is 10.4. The summed E-state index contributed by atoms with van der Waals surface area (Å²) in [6.45, 7) is 3.37. The molecule has 1 aliphatic rings. The molecule has 18 heavy (non-hydrogen) atoms. The zero-order valence-electron chi connectivity index (χ0n) is 10.4. The third kappa shape index (κ3) is 2.86. The van der Waals surface area contributed by atoms with Crippen molar-refractivity contribution in [2.45, 2.75) is 6.04 Å². The molecule has 5 heteroatoms. The van der Waals surface area contributed by atoms with Gasteiger partial charge in [-0.15, -0.1) is 0 Å². The molecule has 1 aliphatic heterocycles. The van der Waals surface area contributed by atoms with Crippen molar-refractivity contribution in [1.29, 1.82) is 0 Å². The molecule has 0 saturated carbocycles. The quantitative estimate of drug-likeness (QED) is 0.823. The Kier molecular flexibility index (Phi) is 4.28. The van der Waals surface area contributed by atoms with Gasteiger partial charge in [0.15, 0.2) is 0 Å². The van der Waals surface area contributed by atoms with E-state index >= 15 is 0 Å². The van der Waals surface area contributed by atoms with Crippen LogP contribution in [-0.2, 0) is 4.79 Å². The van der Waals surface area contributed by atoms with E-state index in [2.05, 4.69) is 15.5 Å². The molecular formula is C13H18FN3O. The predicted octanol–water partition coefficient (Wildman–Crippen LogP) is 0.518. The van der Waals surface area contributed by atoms with E-state index in [1.807, 2.05) is 0 Å². The SMILES string of the molecule is CNC(=O)C(c1ccc(F)cc1)N1CCNCC1. The summed E-state index contributed by atoms with van der Waals surface area (Å²) in [5, 5.41) is 5.93. The van der Waals surface area contributed by atoms with E-state index in [1.165, 1.54) is 12.1 Å². The number of nitrogens with one attached hydrogen (secondary N) is 2. The molecule has 2 rings (SSSR count). The molecule has 1 unspecified atom stereocenters. The average molecular weight is 251 g/mol.